The summed E-state index contributed by atoms with van der Waals surface area (Å²) in [5.41, 5.74) is 1.70. The second kappa shape index (κ2) is 6.42. The van der Waals surface area contributed by atoms with Crippen molar-refractivity contribution in [3.05, 3.63) is 53.9 Å². The SMILES string of the molecule is Cc1ccc(S(=O)(=O)n2cc(B3OC(C)(C)C(C)(C)O3)c3ccc(C)nc32)cc1. The van der Waals surface area contributed by atoms with Crippen molar-refractivity contribution >= 4 is 33.6 Å². The van der Waals surface area contributed by atoms with Crippen LogP contribution < -0.4 is 5.46 Å². The van der Waals surface area contributed by atoms with Gasteiger partial charge in [-0.25, -0.2) is 17.4 Å². The molecule has 152 valence electrons. The average Bonchev–Trinajstić information content (AvgIpc) is 3.09. The van der Waals surface area contributed by atoms with Crippen LogP contribution in [0.3, 0.4) is 0 Å². The van der Waals surface area contributed by atoms with Crippen LogP contribution in [0.5, 0.6) is 0 Å². The van der Waals surface area contributed by atoms with Crippen molar-refractivity contribution in [3.63, 3.8) is 0 Å². The van der Waals surface area contributed by atoms with Gasteiger partial charge >= 0.3 is 7.12 Å². The van der Waals surface area contributed by atoms with Crippen molar-refractivity contribution in [2.45, 2.75) is 57.6 Å². The van der Waals surface area contributed by atoms with Crippen LogP contribution in [0.25, 0.3) is 11.0 Å². The lowest BCUT2D eigenvalue weighted by atomic mass is 9.79. The summed E-state index contributed by atoms with van der Waals surface area (Å²) in [5, 5.41) is 0.699. The van der Waals surface area contributed by atoms with Crippen LogP contribution in [0.1, 0.15) is 39.0 Å². The minimum absolute atomic E-state index is 0.212. The van der Waals surface area contributed by atoms with Gasteiger partial charge in [0.1, 0.15) is 0 Å². The minimum atomic E-state index is -3.82. The third-order valence-electron chi connectivity index (χ3n) is 5.88. The zero-order valence-electron chi connectivity index (χ0n) is 17.6. The lowest BCUT2D eigenvalue weighted by Crippen LogP contribution is -2.41. The van der Waals surface area contributed by atoms with E-state index < -0.39 is 28.3 Å². The maximum absolute atomic E-state index is 13.4. The van der Waals surface area contributed by atoms with E-state index in [-0.39, 0.29) is 4.90 Å². The summed E-state index contributed by atoms with van der Waals surface area (Å²) in [7, 11) is -4.50. The summed E-state index contributed by atoms with van der Waals surface area (Å²) < 4.78 is 40.4. The number of hydrogen-bond acceptors (Lipinski definition) is 5. The molecule has 1 saturated heterocycles. The molecule has 0 saturated carbocycles. The molecule has 0 N–H and O–H groups in total. The minimum Gasteiger partial charge on any atom is -0.399 e. The average molecular weight is 412 g/mol. The molecule has 3 heterocycles. The Hall–Kier alpha value is -2.16. The number of rotatable bonds is 3. The first-order valence-electron chi connectivity index (χ1n) is 9.59. The number of pyridine rings is 1. The van der Waals surface area contributed by atoms with Gasteiger partial charge in [-0.15, -0.1) is 0 Å². The van der Waals surface area contributed by atoms with Crippen LogP contribution in [0, 0.1) is 13.8 Å². The molecule has 0 spiro atoms. The standard InChI is InChI=1S/C21H25BN2O4S/c1-14-7-10-16(11-8-14)29(25,26)24-13-18(17-12-9-15(2)23-19(17)24)22-27-20(3,4)21(5,6)28-22/h7-13H,1-6H3. The van der Waals surface area contributed by atoms with Crippen molar-refractivity contribution in [1.82, 2.24) is 8.96 Å². The first kappa shape index (κ1) is 20.1. The van der Waals surface area contributed by atoms with Gasteiger partial charge in [0.2, 0.25) is 0 Å². The molecule has 2 aromatic heterocycles. The monoisotopic (exact) mass is 412 g/mol. The molecule has 0 atom stereocenters. The predicted molar refractivity (Wildman–Crippen MR) is 114 cm³/mol. The van der Waals surface area contributed by atoms with Crippen molar-refractivity contribution in [2.24, 2.45) is 0 Å². The molecule has 0 aliphatic carbocycles. The van der Waals surface area contributed by atoms with Crippen molar-refractivity contribution in [3.8, 4) is 0 Å². The molecule has 1 aliphatic heterocycles. The topological polar surface area (TPSA) is 70.4 Å². The Labute approximate surface area is 172 Å². The second-order valence-electron chi connectivity index (χ2n) is 8.61. The highest BCUT2D eigenvalue weighted by Gasteiger charge is 2.52. The van der Waals surface area contributed by atoms with Crippen molar-refractivity contribution < 1.29 is 17.7 Å². The van der Waals surface area contributed by atoms with Gasteiger partial charge in [-0.2, -0.15) is 0 Å². The molecule has 6 nitrogen and oxygen atoms in total. The molecular weight excluding hydrogens is 387 g/mol. The molecule has 1 aromatic carbocycles. The van der Waals surface area contributed by atoms with Crippen LogP contribution in [-0.4, -0.2) is 35.7 Å². The van der Waals surface area contributed by atoms with Gasteiger partial charge in [-0.05, 0) is 65.8 Å². The molecule has 3 aromatic rings. The number of fused-ring (bicyclic) bond motifs is 1. The van der Waals surface area contributed by atoms with E-state index in [0.717, 1.165) is 11.3 Å². The van der Waals surface area contributed by atoms with E-state index >= 15 is 0 Å². The highest BCUT2D eigenvalue weighted by Crippen LogP contribution is 2.37. The number of aromatic nitrogens is 2. The van der Waals surface area contributed by atoms with Gasteiger partial charge in [-0.1, -0.05) is 17.7 Å². The van der Waals surface area contributed by atoms with E-state index in [2.05, 4.69) is 4.98 Å². The first-order valence-corrected chi connectivity index (χ1v) is 11.0. The van der Waals surface area contributed by atoms with Gasteiger partial charge in [0.25, 0.3) is 10.0 Å². The second-order valence-corrected chi connectivity index (χ2v) is 10.4. The molecule has 0 unspecified atom stereocenters. The number of benzene rings is 1. The maximum Gasteiger partial charge on any atom is 0.497 e. The molecule has 0 bridgehead atoms. The number of aryl methyl sites for hydroxylation is 2. The Morgan fingerprint density at radius 1 is 0.931 bits per heavy atom. The van der Waals surface area contributed by atoms with Crippen LogP contribution >= 0.6 is 0 Å². The highest BCUT2D eigenvalue weighted by molar-refractivity contribution is 7.90. The quantitative estimate of drug-likeness (QED) is 0.618. The van der Waals surface area contributed by atoms with E-state index in [1.807, 2.05) is 53.7 Å². The van der Waals surface area contributed by atoms with Gasteiger partial charge in [0.05, 0.1) is 16.1 Å². The fourth-order valence-electron chi connectivity index (χ4n) is 3.36. The van der Waals surface area contributed by atoms with Gasteiger partial charge in [0.15, 0.2) is 5.65 Å². The normalized spacial score (nSPS) is 18.5. The molecule has 29 heavy (non-hydrogen) atoms. The Kier molecular flexibility index (Phi) is 4.46. The molecule has 1 fully saturated rings. The maximum atomic E-state index is 13.4. The third-order valence-corrected chi connectivity index (χ3v) is 7.54. The smallest absolute Gasteiger partial charge is 0.399 e. The molecular formula is C21H25BN2O4S. The van der Waals surface area contributed by atoms with Crippen LogP contribution in [0.15, 0.2) is 47.5 Å². The van der Waals surface area contributed by atoms with E-state index in [1.54, 1.807) is 30.5 Å². The summed E-state index contributed by atoms with van der Waals surface area (Å²) >= 11 is 0. The summed E-state index contributed by atoms with van der Waals surface area (Å²) in [6.45, 7) is 11.6. The molecule has 4 rings (SSSR count). The zero-order chi connectivity index (χ0) is 21.2. The first-order chi connectivity index (χ1) is 13.4. The Morgan fingerprint density at radius 2 is 1.52 bits per heavy atom. The number of hydrogen-bond donors (Lipinski definition) is 0. The summed E-state index contributed by atoms with van der Waals surface area (Å²) in [6.07, 6.45) is 1.58. The fraction of sp³-hybridized carbons (Fsp3) is 0.381. The van der Waals surface area contributed by atoms with E-state index in [9.17, 15) is 8.42 Å². The van der Waals surface area contributed by atoms with Crippen molar-refractivity contribution in [2.75, 3.05) is 0 Å². The Bertz CT molecular complexity index is 1180. The molecule has 8 heteroatoms. The van der Waals surface area contributed by atoms with Gasteiger partial charge < -0.3 is 9.31 Å². The van der Waals surface area contributed by atoms with E-state index in [4.69, 9.17) is 9.31 Å². The molecule has 0 radical (unpaired) electrons. The highest BCUT2D eigenvalue weighted by atomic mass is 32.2. The largest absolute Gasteiger partial charge is 0.497 e. The molecule has 1 aliphatic rings. The summed E-state index contributed by atoms with van der Waals surface area (Å²) in [6, 6.07) is 10.5. The Morgan fingerprint density at radius 3 is 2.10 bits per heavy atom. The van der Waals surface area contributed by atoms with E-state index in [1.165, 1.54) is 3.97 Å². The Balaban J connectivity index is 1.91. The lowest BCUT2D eigenvalue weighted by Gasteiger charge is -2.32. The van der Waals surface area contributed by atoms with Crippen molar-refractivity contribution in [1.29, 1.82) is 0 Å². The van der Waals surface area contributed by atoms with Crippen LogP contribution in [0.4, 0.5) is 0 Å². The summed E-state index contributed by atoms with van der Waals surface area (Å²) in [4.78, 5) is 4.73. The van der Waals surface area contributed by atoms with Crippen LogP contribution in [0.2, 0.25) is 0 Å². The molecule has 0 amide bonds. The number of nitrogens with zero attached hydrogens (tertiary/aromatic N) is 2. The third kappa shape index (κ3) is 3.19. The van der Waals surface area contributed by atoms with Crippen LogP contribution in [-0.2, 0) is 19.3 Å². The zero-order valence-corrected chi connectivity index (χ0v) is 18.4. The lowest BCUT2D eigenvalue weighted by molar-refractivity contribution is 0.00578. The van der Waals surface area contributed by atoms with Gasteiger partial charge in [-0.3, -0.25) is 0 Å². The van der Waals surface area contributed by atoms with Gasteiger partial charge in [0, 0.05) is 22.7 Å². The fourth-order valence-corrected chi connectivity index (χ4v) is 4.68. The summed E-state index contributed by atoms with van der Waals surface area (Å²) in [5.74, 6) is 0. The van der Waals surface area contributed by atoms with E-state index in [0.29, 0.717) is 16.5 Å². The predicted octanol–water partition coefficient (Wildman–Crippen LogP) is 3.19.